The van der Waals surface area contributed by atoms with Crippen molar-refractivity contribution < 1.29 is 19.3 Å². The minimum Gasteiger partial charge on any atom is -0.508 e. The molecular weight excluding hydrogens is 282 g/mol. The van der Waals surface area contributed by atoms with Gasteiger partial charge in [0, 0.05) is 12.5 Å². The van der Waals surface area contributed by atoms with Crippen LogP contribution in [0.15, 0.2) is 36.4 Å². The lowest BCUT2D eigenvalue weighted by Gasteiger charge is -2.27. The van der Waals surface area contributed by atoms with E-state index < -0.39 is 0 Å². The normalized spacial score (nSPS) is 16.2. The highest BCUT2D eigenvalue weighted by Crippen LogP contribution is 2.34. The second-order valence-electron chi connectivity index (χ2n) is 5.19. The van der Waals surface area contributed by atoms with Crippen LogP contribution in [0.4, 0.5) is 5.69 Å². The van der Waals surface area contributed by atoms with Crippen molar-refractivity contribution in [2.45, 2.75) is 12.5 Å². The Bertz CT molecular complexity index is 672. The first-order valence-corrected chi connectivity index (χ1v) is 7.14. The molecule has 0 fully saturated rings. The first-order chi connectivity index (χ1) is 10.7. The molecule has 5 heteroatoms. The third kappa shape index (κ3) is 2.88. The number of nitrogens with one attached hydrogen (secondary N) is 1. The van der Waals surface area contributed by atoms with Crippen molar-refractivity contribution in [1.82, 2.24) is 0 Å². The maximum absolute atomic E-state index is 9.55. The highest BCUT2D eigenvalue weighted by molar-refractivity contribution is 5.60. The predicted molar refractivity (Wildman–Crippen MR) is 84.3 cm³/mol. The highest BCUT2D eigenvalue weighted by Gasteiger charge is 2.20. The summed E-state index contributed by atoms with van der Waals surface area (Å²) >= 11 is 0. The van der Waals surface area contributed by atoms with Crippen LogP contribution in [0.2, 0.25) is 0 Å². The summed E-state index contributed by atoms with van der Waals surface area (Å²) in [6, 6.07) is 10.9. The minimum atomic E-state index is -0.00704. The number of benzene rings is 2. The Balaban J connectivity index is 1.74. The molecule has 22 heavy (non-hydrogen) atoms. The smallest absolute Gasteiger partial charge is 0.160 e. The Hall–Kier alpha value is -2.56. The van der Waals surface area contributed by atoms with Gasteiger partial charge in [0.1, 0.15) is 17.6 Å². The second kappa shape index (κ2) is 6.05. The molecule has 0 aromatic heterocycles. The Morgan fingerprint density at radius 2 is 1.95 bits per heavy atom. The largest absolute Gasteiger partial charge is 0.508 e. The average molecular weight is 301 g/mol. The summed E-state index contributed by atoms with van der Waals surface area (Å²) in [6.45, 7) is 0.714. The average Bonchev–Trinajstić information content (AvgIpc) is 2.54. The number of fused-ring (bicyclic) bond motifs is 1. The number of phenolic OH excluding ortho intramolecular Hbond substituents is 1. The highest BCUT2D eigenvalue weighted by atomic mass is 16.5. The van der Waals surface area contributed by atoms with Crippen LogP contribution in [-0.4, -0.2) is 32.0 Å². The zero-order valence-corrected chi connectivity index (χ0v) is 12.6. The van der Waals surface area contributed by atoms with Crippen LogP contribution in [0.1, 0.15) is 5.56 Å². The van der Waals surface area contributed by atoms with Gasteiger partial charge in [-0.3, -0.25) is 0 Å². The molecular formula is C17H19NO4. The van der Waals surface area contributed by atoms with Crippen molar-refractivity contribution >= 4 is 5.69 Å². The van der Waals surface area contributed by atoms with Crippen molar-refractivity contribution in [2.75, 3.05) is 26.1 Å². The topological polar surface area (TPSA) is 60.0 Å². The van der Waals surface area contributed by atoms with Gasteiger partial charge in [0.15, 0.2) is 11.5 Å². The second-order valence-corrected chi connectivity index (χ2v) is 5.19. The molecule has 116 valence electrons. The van der Waals surface area contributed by atoms with Crippen molar-refractivity contribution in [3.8, 4) is 23.0 Å². The van der Waals surface area contributed by atoms with Crippen LogP contribution in [0.5, 0.6) is 23.0 Å². The number of aromatic hydroxyl groups is 1. The van der Waals surface area contributed by atoms with Crippen molar-refractivity contribution in [1.29, 1.82) is 0 Å². The van der Waals surface area contributed by atoms with Gasteiger partial charge < -0.3 is 24.6 Å². The van der Waals surface area contributed by atoms with Crippen LogP contribution in [0.25, 0.3) is 0 Å². The minimum absolute atomic E-state index is 0.00704. The van der Waals surface area contributed by atoms with E-state index >= 15 is 0 Å². The summed E-state index contributed by atoms with van der Waals surface area (Å²) in [7, 11) is 3.24. The van der Waals surface area contributed by atoms with Gasteiger partial charge in [0.2, 0.25) is 0 Å². The van der Waals surface area contributed by atoms with Gasteiger partial charge in [-0.05, 0) is 29.8 Å². The van der Waals surface area contributed by atoms with Crippen LogP contribution >= 0.6 is 0 Å². The molecule has 0 bridgehead atoms. The standard InChI is InChI=1S/C17H19NO4/c1-20-15-6-3-11(8-17(15)21-2)7-13-10-18-14-5-4-12(19)9-16(14)22-13/h3-6,8-9,13,18-19H,7,10H2,1-2H3. The zero-order valence-electron chi connectivity index (χ0n) is 12.6. The summed E-state index contributed by atoms with van der Waals surface area (Å²) in [6.07, 6.45) is 0.732. The number of methoxy groups -OCH3 is 2. The summed E-state index contributed by atoms with van der Waals surface area (Å²) in [5.74, 6) is 2.30. The molecule has 3 rings (SSSR count). The van der Waals surface area contributed by atoms with Gasteiger partial charge in [-0.2, -0.15) is 0 Å². The molecule has 0 saturated carbocycles. The lowest BCUT2D eigenvalue weighted by atomic mass is 10.1. The molecule has 1 atom stereocenters. The molecule has 1 heterocycles. The molecule has 2 aromatic rings. The van der Waals surface area contributed by atoms with E-state index in [9.17, 15) is 5.11 Å². The van der Waals surface area contributed by atoms with Crippen molar-refractivity contribution in [3.63, 3.8) is 0 Å². The molecule has 0 radical (unpaired) electrons. The van der Waals surface area contributed by atoms with E-state index in [0.29, 0.717) is 23.8 Å². The van der Waals surface area contributed by atoms with E-state index in [-0.39, 0.29) is 11.9 Å². The Labute approximate surface area is 129 Å². The van der Waals surface area contributed by atoms with Crippen LogP contribution in [0.3, 0.4) is 0 Å². The SMILES string of the molecule is COc1ccc(CC2CNc3ccc(O)cc3O2)cc1OC. The third-order valence-electron chi connectivity index (χ3n) is 3.69. The van der Waals surface area contributed by atoms with Gasteiger partial charge >= 0.3 is 0 Å². The molecule has 1 aliphatic heterocycles. The summed E-state index contributed by atoms with van der Waals surface area (Å²) < 4.78 is 16.5. The van der Waals surface area contributed by atoms with E-state index in [1.807, 2.05) is 24.3 Å². The zero-order chi connectivity index (χ0) is 15.5. The van der Waals surface area contributed by atoms with Crippen molar-refractivity contribution in [2.24, 2.45) is 0 Å². The van der Waals surface area contributed by atoms with E-state index in [2.05, 4.69) is 5.32 Å². The molecule has 1 aliphatic rings. The maximum atomic E-state index is 9.55. The molecule has 0 saturated heterocycles. The number of anilines is 1. The molecule has 2 aromatic carbocycles. The molecule has 0 aliphatic carbocycles. The van der Waals surface area contributed by atoms with E-state index in [1.54, 1.807) is 26.4 Å². The number of phenols is 1. The molecule has 5 nitrogen and oxygen atoms in total. The summed E-state index contributed by atoms with van der Waals surface area (Å²) in [5, 5.41) is 12.9. The van der Waals surface area contributed by atoms with Crippen LogP contribution in [0, 0.1) is 0 Å². The van der Waals surface area contributed by atoms with Gasteiger partial charge in [0.25, 0.3) is 0 Å². The quantitative estimate of drug-likeness (QED) is 0.850. The molecule has 0 amide bonds. The third-order valence-corrected chi connectivity index (χ3v) is 3.69. The molecule has 1 unspecified atom stereocenters. The fourth-order valence-corrected chi connectivity index (χ4v) is 2.58. The number of rotatable bonds is 4. The first kappa shape index (κ1) is 14.4. The lowest BCUT2D eigenvalue weighted by Crippen LogP contribution is -2.32. The van der Waals surface area contributed by atoms with Crippen LogP contribution in [-0.2, 0) is 6.42 Å². The van der Waals surface area contributed by atoms with Crippen molar-refractivity contribution in [3.05, 3.63) is 42.0 Å². The van der Waals surface area contributed by atoms with E-state index in [4.69, 9.17) is 14.2 Å². The molecule has 2 N–H and O–H groups in total. The number of hydrogen-bond donors (Lipinski definition) is 2. The monoisotopic (exact) mass is 301 g/mol. The van der Waals surface area contributed by atoms with E-state index in [0.717, 1.165) is 17.7 Å². The summed E-state index contributed by atoms with van der Waals surface area (Å²) in [4.78, 5) is 0. The number of hydrogen-bond acceptors (Lipinski definition) is 5. The fraction of sp³-hybridized carbons (Fsp3) is 0.294. The number of ether oxygens (including phenoxy) is 3. The summed E-state index contributed by atoms with van der Waals surface area (Å²) in [5.41, 5.74) is 2.01. The Morgan fingerprint density at radius 1 is 1.14 bits per heavy atom. The van der Waals surface area contributed by atoms with E-state index in [1.165, 1.54) is 0 Å². The Morgan fingerprint density at radius 3 is 2.73 bits per heavy atom. The van der Waals surface area contributed by atoms with Crippen LogP contribution < -0.4 is 19.5 Å². The lowest BCUT2D eigenvalue weighted by molar-refractivity contribution is 0.205. The fourth-order valence-electron chi connectivity index (χ4n) is 2.58. The van der Waals surface area contributed by atoms with Gasteiger partial charge in [-0.25, -0.2) is 0 Å². The Kier molecular flexibility index (Phi) is 3.96. The van der Waals surface area contributed by atoms with Gasteiger partial charge in [-0.15, -0.1) is 0 Å². The molecule has 0 spiro atoms. The predicted octanol–water partition coefficient (Wildman–Crippen LogP) is 2.83. The maximum Gasteiger partial charge on any atom is 0.160 e. The van der Waals surface area contributed by atoms with Gasteiger partial charge in [-0.1, -0.05) is 6.07 Å². The van der Waals surface area contributed by atoms with Gasteiger partial charge in [0.05, 0.1) is 26.5 Å². The first-order valence-electron chi connectivity index (χ1n) is 7.14.